The van der Waals surface area contributed by atoms with Crippen LogP contribution < -0.4 is 10.6 Å². The van der Waals surface area contributed by atoms with Gasteiger partial charge in [0.2, 0.25) is 0 Å². The van der Waals surface area contributed by atoms with Crippen molar-refractivity contribution in [2.75, 3.05) is 33.2 Å². The van der Waals surface area contributed by atoms with Crippen LogP contribution in [0.2, 0.25) is 0 Å². The maximum absolute atomic E-state index is 4.77. The van der Waals surface area contributed by atoms with Crippen LogP contribution in [0.5, 0.6) is 0 Å². The minimum absolute atomic E-state index is 0.537. The summed E-state index contributed by atoms with van der Waals surface area (Å²) in [7, 11) is 2.21. The van der Waals surface area contributed by atoms with Gasteiger partial charge in [-0.25, -0.2) is 0 Å². The van der Waals surface area contributed by atoms with Gasteiger partial charge < -0.3 is 15.5 Å². The van der Waals surface area contributed by atoms with Crippen LogP contribution in [0.3, 0.4) is 0 Å². The Bertz CT molecular complexity index is 308. The van der Waals surface area contributed by atoms with E-state index in [1.807, 2.05) is 0 Å². The number of guanidine groups is 1. The molecule has 4 heteroatoms. The second-order valence-corrected chi connectivity index (χ2v) is 5.75. The van der Waals surface area contributed by atoms with Gasteiger partial charge in [0.05, 0.1) is 0 Å². The van der Waals surface area contributed by atoms with E-state index in [1.165, 1.54) is 25.9 Å². The molecular weight excluding hydrogens is 236 g/mol. The molecule has 0 bridgehead atoms. The fourth-order valence-corrected chi connectivity index (χ4v) is 2.71. The van der Waals surface area contributed by atoms with Gasteiger partial charge in [-0.15, -0.1) is 0 Å². The summed E-state index contributed by atoms with van der Waals surface area (Å²) >= 11 is 0. The Balaban J connectivity index is 1.78. The van der Waals surface area contributed by atoms with Gasteiger partial charge in [-0.2, -0.15) is 0 Å². The summed E-state index contributed by atoms with van der Waals surface area (Å²) in [6.07, 6.45) is 9.31. The number of likely N-dealkylation sites (tertiary alicyclic amines) is 1. The van der Waals surface area contributed by atoms with Crippen LogP contribution in [-0.2, 0) is 0 Å². The van der Waals surface area contributed by atoms with Crippen LogP contribution in [0.15, 0.2) is 17.1 Å². The number of nitrogens with one attached hydrogen (secondary N) is 2. The highest BCUT2D eigenvalue weighted by Crippen LogP contribution is 2.16. The van der Waals surface area contributed by atoms with E-state index in [-0.39, 0.29) is 0 Å². The number of hydrogen-bond acceptors (Lipinski definition) is 2. The van der Waals surface area contributed by atoms with Crippen LogP contribution in [0, 0.1) is 5.92 Å². The lowest BCUT2D eigenvalue weighted by atomic mass is 9.97. The second kappa shape index (κ2) is 7.53. The van der Waals surface area contributed by atoms with Crippen molar-refractivity contribution in [2.45, 2.75) is 38.6 Å². The van der Waals surface area contributed by atoms with Gasteiger partial charge in [0.15, 0.2) is 5.96 Å². The first-order chi connectivity index (χ1) is 9.28. The van der Waals surface area contributed by atoms with E-state index in [1.54, 1.807) is 0 Å². The molecular formula is C15H28N4. The fourth-order valence-electron chi connectivity index (χ4n) is 2.71. The average Bonchev–Trinajstić information content (AvgIpc) is 2.91. The molecule has 0 aromatic carbocycles. The first kappa shape index (κ1) is 14.4. The molecule has 0 spiro atoms. The van der Waals surface area contributed by atoms with Crippen LogP contribution in [0.4, 0.5) is 0 Å². The Morgan fingerprint density at radius 3 is 2.58 bits per heavy atom. The van der Waals surface area contributed by atoms with Crippen molar-refractivity contribution < 1.29 is 0 Å². The third-order valence-electron chi connectivity index (χ3n) is 4.04. The zero-order valence-electron chi connectivity index (χ0n) is 12.4. The number of piperidine rings is 1. The fraction of sp³-hybridized carbons (Fsp3) is 0.800. The highest BCUT2D eigenvalue weighted by molar-refractivity contribution is 5.80. The third-order valence-corrected chi connectivity index (χ3v) is 4.04. The molecule has 0 amide bonds. The number of aliphatic imine (C=N–C) groups is 1. The van der Waals surface area contributed by atoms with Gasteiger partial charge in [-0.3, -0.25) is 4.99 Å². The topological polar surface area (TPSA) is 39.7 Å². The van der Waals surface area contributed by atoms with Gasteiger partial charge in [0.25, 0.3) is 0 Å². The molecule has 1 aliphatic carbocycles. The van der Waals surface area contributed by atoms with E-state index in [4.69, 9.17) is 4.99 Å². The Labute approximate surface area is 117 Å². The zero-order chi connectivity index (χ0) is 13.5. The molecule has 2 aliphatic rings. The molecule has 0 atom stereocenters. The highest BCUT2D eigenvalue weighted by Gasteiger charge is 2.17. The largest absolute Gasteiger partial charge is 0.357 e. The van der Waals surface area contributed by atoms with Gasteiger partial charge in [-0.1, -0.05) is 12.2 Å². The SMILES string of the molecule is CCNC(=NCC1CCN(C)CC1)NC1CC=CC1. The van der Waals surface area contributed by atoms with Crippen molar-refractivity contribution >= 4 is 5.96 Å². The summed E-state index contributed by atoms with van der Waals surface area (Å²) in [5.41, 5.74) is 0. The molecule has 0 aromatic heterocycles. The smallest absolute Gasteiger partial charge is 0.191 e. The molecule has 0 aromatic rings. The lowest BCUT2D eigenvalue weighted by Crippen LogP contribution is -2.43. The van der Waals surface area contributed by atoms with Gasteiger partial charge >= 0.3 is 0 Å². The van der Waals surface area contributed by atoms with E-state index in [0.29, 0.717) is 6.04 Å². The van der Waals surface area contributed by atoms with E-state index in [2.05, 4.69) is 41.7 Å². The lowest BCUT2D eigenvalue weighted by molar-refractivity contribution is 0.223. The summed E-state index contributed by atoms with van der Waals surface area (Å²) in [4.78, 5) is 7.18. The molecule has 0 radical (unpaired) electrons. The molecule has 1 saturated heterocycles. The Morgan fingerprint density at radius 1 is 1.26 bits per heavy atom. The van der Waals surface area contributed by atoms with Gasteiger partial charge in [-0.05, 0) is 58.7 Å². The van der Waals surface area contributed by atoms with Crippen molar-refractivity contribution in [3.8, 4) is 0 Å². The maximum Gasteiger partial charge on any atom is 0.191 e. The quantitative estimate of drug-likeness (QED) is 0.460. The van der Waals surface area contributed by atoms with Gasteiger partial charge in [0, 0.05) is 19.1 Å². The summed E-state index contributed by atoms with van der Waals surface area (Å²) in [5, 5.41) is 6.89. The molecule has 1 aliphatic heterocycles. The summed E-state index contributed by atoms with van der Waals surface area (Å²) < 4.78 is 0. The Hall–Kier alpha value is -1.03. The van der Waals surface area contributed by atoms with Crippen molar-refractivity contribution in [3.05, 3.63) is 12.2 Å². The zero-order valence-corrected chi connectivity index (χ0v) is 12.4. The maximum atomic E-state index is 4.77. The lowest BCUT2D eigenvalue weighted by Gasteiger charge is -2.28. The van der Waals surface area contributed by atoms with Crippen LogP contribution in [0.25, 0.3) is 0 Å². The minimum Gasteiger partial charge on any atom is -0.357 e. The van der Waals surface area contributed by atoms with Crippen molar-refractivity contribution in [2.24, 2.45) is 10.9 Å². The standard InChI is InChI=1S/C15H28N4/c1-3-16-15(18-14-6-4-5-7-14)17-12-13-8-10-19(2)11-9-13/h4-5,13-14H,3,6-12H2,1-2H3,(H2,16,17,18). The number of hydrogen-bond donors (Lipinski definition) is 2. The summed E-state index contributed by atoms with van der Waals surface area (Å²) in [5.74, 6) is 1.75. The van der Waals surface area contributed by atoms with Crippen molar-refractivity contribution in [1.82, 2.24) is 15.5 Å². The second-order valence-electron chi connectivity index (χ2n) is 5.75. The molecule has 1 heterocycles. The van der Waals surface area contributed by atoms with E-state index < -0.39 is 0 Å². The van der Waals surface area contributed by atoms with Crippen LogP contribution in [-0.4, -0.2) is 50.1 Å². The molecule has 1 fully saturated rings. The molecule has 2 N–H and O–H groups in total. The monoisotopic (exact) mass is 264 g/mol. The first-order valence-corrected chi connectivity index (χ1v) is 7.66. The molecule has 0 saturated carbocycles. The predicted octanol–water partition coefficient (Wildman–Crippen LogP) is 1.60. The number of rotatable bonds is 4. The van der Waals surface area contributed by atoms with Crippen LogP contribution in [0.1, 0.15) is 32.6 Å². The summed E-state index contributed by atoms with van der Waals surface area (Å²) in [6.45, 7) is 6.45. The molecule has 0 unspecified atom stereocenters. The molecule has 4 nitrogen and oxygen atoms in total. The highest BCUT2D eigenvalue weighted by atomic mass is 15.2. The molecule has 108 valence electrons. The first-order valence-electron chi connectivity index (χ1n) is 7.66. The Morgan fingerprint density at radius 2 is 1.95 bits per heavy atom. The predicted molar refractivity (Wildman–Crippen MR) is 81.5 cm³/mol. The third kappa shape index (κ3) is 4.86. The van der Waals surface area contributed by atoms with Crippen molar-refractivity contribution in [3.63, 3.8) is 0 Å². The van der Waals surface area contributed by atoms with E-state index in [9.17, 15) is 0 Å². The normalized spacial score (nSPS) is 22.9. The van der Waals surface area contributed by atoms with Crippen molar-refractivity contribution in [1.29, 1.82) is 0 Å². The van der Waals surface area contributed by atoms with Crippen LogP contribution >= 0.6 is 0 Å². The van der Waals surface area contributed by atoms with Gasteiger partial charge in [0.1, 0.15) is 0 Å². The Kier molecular flexibility index (Phi) is 5.70. The van der Waals surface area contributed by atoms with E-state index in [0.717, 1.165) is 37.8 Å². The van der Waals surface area contributed by atoms with E-state index >= 15 is 0 Å². The molecule has 2 rings (SSSR count). The minimum atomic E-state index is 0.537. The molecule has 19 heavy (non-hydrogen) atoms. The summed E-state index contributed by atoms with van der Waals surface area (Å²) in [6, 6.07) is 0.537. The number of nitrogens with zero attached hydrogens (tertiary/aromatic N) is 2. The average molecular weight is 264 g/mol.